The summed E-state index contributed by atoms with van der Waals surface area (Å²) in [4.78, 5) is 16.3. The number of amides is 2. The molecule has 0 saturated carbocycles. The Kier molecular flexibility index (Phi) is 3.08. The van der Waals surface area contributed by atoms with Gasteiger partial charge in [0.2, 0.25) is 0 Å². The number of pyridine rings is 1. The molecular weight excluding hydrogens is 168 g/mol. The summed E-state index contributed by atoms with van der Waals surface area (Å²) in [6.45, 7) is 0. The normalized spacial score (nSPS) is 9.08. The Morgan fingerprint density at radius 1 is 1.38 bits per heavy atom. The number of hydrogen-bond donors (Lipinski definition) is 2. The molecule has 1 aromatic rings. The van der Waals surface area contributed by atoms with E-state index in [2.05, 4.69) is 15.8 Å². The third-order valence-electron chi connectivity index (χ3n) is 1.40. The molecule has 0 aliphatic rings. The van der Waals surface area contributed by atoms with Crippen molar-refractivity contribution >= 4 is 11.7 Å². The quantitative estimate of drug-likeness (QED) is 0.658. The molecule has 2 amide bonds. The van der Waals surface area contributed by atoms with Crippen molar-refractivity contribution in [1.82, 2.24) is 15.3 Å². The minimum Gasteiger partial charge on any atom is -0.330 e. The zero-order chi connectivity index (χ0) is 9.68. The molecule has 5 nitrogen and oxygen atoms in total. The molecule has 1 aromatic heterocycles. The third kappa shape index (κ3) is 2.98. The molecule has 0 radical (unpaired) electrons. The van der Waals surface area contributed by atoms with Gasteiger partial charge in [0.25, 0.3) is 0 Å². The Labute approximate surface area is 76.7 Å². The number of hydrazine groups is 1. The Hall–Kier alpha value is -1.78. The van der Waals surface area contributed by atoms with E-state index in [0.29, 0.717) is 0 Å². The van der Waals surface area contributed by atoms with Gasteiger partial charge in [-0.2, -0.15) is 0 Å². The third-order valence-corrected chi connectivity index (χ3v) is 1.40. The van der Waals surface area contributed by atoms with Crippen LogP contribution in [0.25, 0.3) is 0 Å². The first-order chi connectivity index (χ1) is 6.20. The fourth-order valence-electron chi connectivity index (χ4n) is 0.673. The maximum atomic E-state index is 11.1. The van der Waals surface area contributed by atoms with Gasteiger partial charge < -0.3 is 4.90 Å². The van der Waals surface area contributed by atoms with Crippen molar-refractivity contribution < 1.29 is 4.79 Å². The number of anilines is 1. The number of nitrogens with zero attached hydrogens (tertiary/aromatic N) is 2. The van der Waals surface area contributed by atoms with Crippen molar-refractivity contribution in [1.29, 1.82) is 0 Å². The van der Waals surface area contributed by atoms with Crippen LogP contribution in [0.4, 0.5) is 10.5 Å². The molecule has 0 spiro atoms. The number of nitrogens with one attached hydrogen (secondary N) is 2. The van der Waals surface area contributed by atoms with Crippen LogP contribution in [0.1, 0.15) is 0 Å². The molecule has 0 unspecified atom stereocenters. The lowest BCUT2D eigenvalue weighted by atomic mass is 10.4. The first kappa shape index (κ1) is 9.31. The number of carbonyl (C=O) groups excluding carboxylic acids is 1. The van der Waals surface area contributed by atoms with Gasteiger partial charge in [0.1, 0.15) is 0 Å². The lowest BCUT2D eigenvalue weighted by molar-refractivity contribution is 0.219. The van der Waals surface area contributed by atoms with E-state index in [9.17, 15) is 4.79 Å². The largest absolute Gasteiger partial charge is 0.335 e. The maximum absolute atomic E-state index is 11.1. The number of carbonyl (C=O) groups is 1. The van der Waals surface area contributed by atoms with Crippen molar-refractivity contribution in [3.05, 3.63) is 24.5 Å². The molecule has 0 atom stereocenters. The number of aromatic nitrogens is 1. The summed E-state index contributed by atoms with van der Waals surface area (Å²) in [5, 5.41) is 0. The summed E-state index contributed by atoms with van der Waals surface area (Å²) in [7, 11) is 3.34. The highest BCUT2D eigenvalue weighted by atomic mass is 16.2. The standard InChI is InChI=1S/C8H12N4O/c1-12(2)8(13)11-10-7-3-5-9-6-4-7/h3-6H,1-2H3,(H,9,10)(H,11,13). The number of hydrogen-bond acceptors (Lipinski definition) is 3. The SMILES string of the molecule is CN(C)C(=O)NNc1ccncc1. The Bertz CT molecular complexity index is 273. The van der Waals surface area contributed by atoms with Crippen LogP contribution in [0.3, 0.4) is 0 Å². The van der Waals surface area contributed by atoms with E-state index in [-0.39, 0.29) is 6.03 Å². The monoisotopic (exact) mass is 180 g/mol. The Balaban J connectivity index is 2.40. The summed E-state index contributed by atoms with van der Waals surface area (Å²) in [6, 6.07) is 3.32. The molecule has 0 aliphatic carbocycles. The first-order valence-corrected chi connectivity index (χ1v) is 3.83. The molecule has 5 heteroatoms. The van der Waals surface area contributed by atoms with Gasteiger partial charge in [-0.3, -0.25) is 15.8 Å². The zero-order valence-electron chi connectivity index (χ0n) is 7.61. The summed E-state index contributed by atoms with van der Waals surface area (Å²) in [5.74, 6) is 0. The van der Waals surface area contributed by atoms with E-state index < -0.39 is 0 Å². The maximum Gasteiger partial charge on any atom is 0.335 e. The van der Waals surface area contributed by atoms with E-state index >= 15 is 0 Å². The van der Waals surface area contributed by atoms with Gasteiger partial charge in [-0.25, -0.2) is 4.79 Å². The van der Waals surface area contributed by atoms with Gasteiger partial charge in [-0.15, -0.1) is 0 Å². The molecule has 0 saturated heterocycles. The lowest BCUT2D eigenvalue weighted by Crippen LogP contribution is -2.38. The van der Waals surface area contributed by atoms with Gasteiger partial charge in [0, 0.05) is 26.5 Å². The molecule has 2 N–H and O–H groups in total. The minimum absolute atomic E-state index is 0.197. The second kappa shape index (κ2) is 4.30. The number of urea groups is 1. The van der Waals surface area contributed by atoms with Gasteiger partial charge in [-0.1, -0.05) is 0 Å². The smallest absolute Gasteiger partial charge is 0.330 e. The minimum atomic E-state index is -0.197. The van der Waals surface area contributed by atoms with Crippen LogP contribution in [0.15, 0.2) is 24.5 Å². The van der Waals surface area contributed by atoms with Gasteiger partial charge in [0.05, 0.1) is 5.69 Å². The van der Waals surface area contributed by atoms with E-state index in [0.717, 1.165) is 5.69 Å². The fraction of sp³-hybridized carbons (Fsp3) is 0.250. The summed E-state index contributed by atoms with van der Waals surface area (Å²) >= 11 is 0. The molecule has 1 rings (SSSR count). The van der Waals surface area contributed by atoms with Crippen LogP contribution in [0, 0.1) is 0 Å². The van der Waals surface area contributed by atoms with Crippen molar-refractivity contribution in [2.75, 3.05) is 19.5 Å². The van der Waals surface area contributed by atoms with Crippen LogP contribution in [-0.4, -0.2) is 30.0 Å². The average Bonchev–Trinajstić information content (AvgIpc) is 2.15. The van der Waals surface area contributed by atoms with Crippen LogP contribution in [-0.2, 0) is 0 Å². The topological polar surface area (TPSA) is 57.3 Å². The molecule has 13 heavy (non-hydrogen) atoms. The van der Waals surface area contributed by atoms with Crippen LogP contribution >= 0.6 is 0 Å². The van der Waals surface area contributed by atoms with Gasteiger partial charge >= 0.3 is 6.03 Å². The molecule has 0 fully saturated rings. The average molecular weight is 180 g/mol. The highest BCUT2D eigenvalue weighted by molar-refractivity contribution is 5.74. The van der Waals surface area contributed by atoms with Gasteiger partial charge in [0.15, 0.2) is 0 Å². The molecule has 0 bridgehead atoms. The molecule has 1 heterocycles. The fourth-order valence-corrected chi connectivity index (χ4v) is 0.673. The highest BCUT2D eigenvalue weighted by Crippen LogP contribution is 2.00. The van der Waals surface area contributed by atoms with E-state index in [4.69, 9.17) is 0 Å². The number of rotatable bonds is 2. The van der Waals surface area contributed by atoms with Crippen LogP contribution in [0.2, 0.25) is 0 Å². The zero-order valence-corrected chi connectivity index (χ0v) is 7.61. The van der Waals surface area contributed by atoms with Gasteiger partial charge in [-0.05, 0) is 12.1 Å². The predicted octanol–water partition coefficient (Wildman–Crippen LogP) is 0.680. The lowest BCUT2D eigenvalue weighted by Gasteiger charge is -2.13. The molecule has 0 aromatic carbocycles. The molecule has 0 aliphatic heterocycles. The summed E-state index contributed by atoms with van der Waals surface area (Å²) in [6.07, 6.45) is 3.29. The predicted molar refractivity (Wildman–Crippen MR) is 50.1 cm³/mol. The van der Waals surface area contributed by atoms with Crippen molar-refractivity contribution in [3.63, 3.8) is 0 Å². The van der Waals surface area contributed by atoms with Crippen molar-refractivity contribution in [3.8, 4) is 0 Å². The van der Waals surface area contributed by atoms with Crippen LogP contribution < -0.4 is 10.9 Å². The Morgan fingerprint density at radius 2 is 2.00 bits per heavy atom. The molecular formula is C8H12N4O. The van der Waals surface area contributed by atoms with E-state index in [1.165, 1.54) is 4.90 Å². The first-order valence-electron chi connectivity index (χ1n) is 3.83. The van der Waals surface area contributed by atoms with Crippen molar-refractivity contribution in [2.24, 2.45) is 0 Å². The second-order valence-electron chi connectivity index (χ2n) is 2.69. The van der Waals surface area contributed by atoms with Crippen molar-refractivity contribution in [2.45, 2.75) is 0 Å². The second-order valence-corrected chi connectivity index (χ2v) is 2.69. The highest BCUT2D eigenvalue weighted by Gasteiger charge is 2.00. The van der Waals surface area contributed by atoms with E-state index in [1.807, 2.05) is 0 Å². The molecule has 70 valence electrons. The Morgan fingerprint density at radius 3 is 2.54 bits per heavy atom. The summed E-state index contributed by atoms with van der Waals surface area (Å²) < 4.78 is 0. The van der Waals surface area contributed by atoms with E-state index in [1.54, 1.807) is 38.6 Å². The summed E-state index contributed by atoms with van der Waals surface area (Å²) in [5.41, 5.74) is 6.05. The van der Waals surface area contributed by atoms with Crippen LogP contribution in [0.5, 0.6) is 0 Å².